The van der Waals surface area contributed by atoms with Crippen LogP contribution >= 0.6 is 0 Å². The zero-order valence-corrected chi connectivity index (χ0v) is 17.7. The lowest BCUT2D eigenvalue weighted by Gasteiger charge is -2.29. The van der Waals surface area contributed by atoms with E-state index in [1.165, 1.54) is 31.5 Å². The van der Waals surface area contributed by atoms with Crippen molar-refractivity contribution in [2.75, 3.05) is 33.2 Å². The number of likely N-dealkylation sites (tertiary alicyclic amines) is 1. The highest BCUT2D eigenvalue weighted by atomic mass is 15.2. The van der Waals surface area contributed by atoms with Crippen molar-refractivity contribution in [3.05, 3.63) is 66.1 Å². The fourth-order valence-corrected chi connectivity index (χ4v) is 4.11. The Hall–Kier alpha value is -2.93. The summed E-state index contributed by atoms with van der Waals surface area (Å²) >= 11 is 0. The van der Waals surface area contributed by atoms with Gasteiger partial charge in [0.2, 0.25) is 0 Å². The molecule has 3 aromatic rings. The maximum absolute atomic E-state index is 4.41. The largest absolute Gasteiger partial charge is 0.356 e. The molecule has 158 valence electrons. The van der Waals surface area contributed by atoms with Crippen molar-refractivity contribution < 1.29 is 0 Å². The Balaban J connectivity index is 1.27. The fourth-order valence-electron chi connectivity index (χ4n) is 4.11. The van der Waals surface area contributed by atoms with Crippen LogP contribution in [0.2, 0.25) is 0 Å². The SMILES string of the molecule is CN=C(NCCCc1nnc2ccccn12)NCC(c1ccccc1)N1CCCC1. The Labute approximate surface area is 178 Å². The van der Waals surface area contributed by atoms with E-state index in [-0.39, 0.29) is 0 Å². The van der Waals surface area contributed by atoms with E-state index < -0.39 is 0 Å². The Morgan fingerprint density at radius 2 is 1.83 bits per heavy atom. The van der Waals surface area contributed by atoms with Crippen molar-refractivity contribution in [2.45, 2.75) is 31.7 Å². The molecule has 1 aliphatic heterocycles. The summed E-state index contributed by atoms with van der Waals surface area (Å²) in [5.74, 6) is 1.84. The molecular formula is C23H31N7. The van der Waals surface area contributed by atoms with E-state index in [2.05, 4.69) is 61.1 Å². The minimum atomic E-state index is 0.370. The number of hydrogen-bond donors (Lipinski definition) is 2. The van der Waals surface area contributed by atoms with E-state index in [1.807, 2.05) is 35.8 Å². The van der Waals surface area contributed by atoms with E-state index in [9.17, 15) is 0 Å². The highest BCUT2D eigenvalue weighted by molar-refractivity contribution is 5.79. The molecule has 0 radical (unpaired) electrons. The predicted octanol–water partition coefficient (Wildman–Crippen LogP) is 2.66. The predicted molar refractivity (Wildman–Crippen MR) is 121 cm³/mol. The second-order valence-corrected chi connectivity index (χ2v) is 7.70. The number of aliphatic imine (C=N–C) groups is 1. The van der Waals surface area contributed by atoms with Gasteiger partial charge in [-0.1, -0.05) is 36.4 Å². The van der Waals surface area contributed by atoms with Crippen LogP contribution in [0.25, 0.3) is 5.65 Å². The Bertz CT molecular complexity index is 944. The lowest BCUT2D eigenvalue weighted by Crippen LogP contribution is -2.43. The molecule has 0 amide bonds. The van der Waals surface area contributed by atoms with Gasteiger partial charge in [0.15, 0.2) is 11.6 Å². The smallest absolute Gasteiger partial charge is 0.191 e. The molecule has 30 heavy (non-hydrogen) atoms. The lowest BCUT2D eigenvalue weighted by molar-refractivity contribution is 0.245. The summed E-state index contributed by atoms with van der Waals surface area (Å²) in [5, 5.41) is 15.5. The van der Waals surface area contributed by atoms with E-state index in [1.54, 1.807) is 0 Å². The third kappa shape index (κ3) is 4.97. The molecule has 1 unspecified atom stereocenters. The van der Waals surface area contributed by atoms with Crippen LogP contribution in [0.1, 0.15) is 36.7 Å². The van der Waals surface area contributed by atoms with Crippen LogP contribution in [-0.4, -0.2) is 58.7 Å². The normalized spacial score (nSPS) is 16.1. The first-order valence-electron chi connectivity index (χ1n) is 10.9. The third-order valence-electron chi connectivity index (χ3n) is 5.71. The summed E-state index contributed by atoms with van der Waals surface area (Å²) in [6.07, 6.45) is 6.42. The van der Waals surface area contributed by atoms with Gasteiger partial charge in [0.1, 0.15) is 5.82 Å². The molecule has 7 nitrogen and oxygen atoms in total. The van der Waals surface area contributed by atoms with Gasteiger partial charge in [0.05, 0.1) is 6.04 Å². The summed E-state index contributed by atoms with van der Waals surface area (Å²) < 4.78 is 2.05. The topological polar surface area (TPSA) is 69.8 Å². The standard InChI is InChI=1S/C23H31N7/c1-24-23(25-14-9-13-22-28-27-21-12-5-6-17-30(21)22)26-18-20(29-15-7-8-16-29)19-10-3-2-4-11-19/h2-6,10-12,17,20H,7-9,13-16,18H2,1H3,(H2,24,25,26). The number of nitrogens with one attached hydrogen (secondary N) is 2. The molecule has 1 fully saturated rings. The van der Waals surface area contributed by atoms with Crippen molar-refractivity contribution in [1.82, 2.24) is 30.1 Å². The van der Waals surface area contributed by atoms with E-state index >= 15 is 0 Å². The maximum atomic E-state index is 4.41. The average Bonchev–Trinajstić information content (AvgIpc) is 3.47. The number of benzene rings is 1. The first-order valence-corrected chi connectivity index (χ1v) is 10.9. The van der Waals surface area contributed by atoms with Gasteiger partial charge in [-0.2, -0.15) is 0 Å². The molecule has 7 heteroatoms. The van der Waals surface area contributed by atoms with Gasteiger partial charge < -0.3 is 10.6 Å². The van der Waals surface area contributed by atoms with Crippen LogP contribution in [-0.2, 0) is 6.42 Å². The molecule has 1 aromatic carbocycles. The van der Waals surface area contributed by atoms with E-state index in [0.29, 0.717) is 6.04 Å². The van der Waals surface area contributed by atoms with Crippen LogP contribution in [0.3, 0.4) is 0 Å². The maximum Gasteiger partial charge on any atom is 0.191 e. The number of hydrogen-bond acceptors (Lipinski definition) is 4. The van der Waals surface area contributed by atoms with Gasteiger partial charge >= 0.3 is 0 Å². The summed E-state index contributed by atoms with van der Waals surface area (Å²) in [4.78, 5) is 6.98. The Kier molecular flexibility index (Phi) is 6.92. The van der Waals surface area contributed by atoms with Crippen molar-refractivity contribution in [3.63, 3.8) is 0 Å². The van der Waals surface area contributed by atoms with E-state index in [0.717, 1.165) is 43.4 Å². The first-order chi connectivity index (χ1) is 14.8. The molecule has 0 aliphatic carbocycles. The monoisotopic (exact) mass is 405 g/mol. The zero-order chi connectivity index (χ0) is 20.6. The van der Waals surface area contributed by atoms with Gasteiger partial charge in [-0.05, 0) is 50.0 Å². The number of pyridine rings is 1. The second kappa shape index (κ2) is 10.2. The molecule has 3 heterocycles. The van der Waals surface area contributed by atoms with Gasteiger partial charge in [0.25, 0.3) is 0 Å². The molecule has 1 saturated heterocycles. The highest BCUT2D eigenvalue weighted by Crippen LogP contribution is 2.24. The van der Waals surface area contributed by atoms with E-state index in [4.69, 9.17) is 0 Å². The minimum Gasteiger partial charge on any atom is -0.356 e. The zero-order valence-electron chi connectivity index (χ0n) is 17.7. The third-order valence-corrected chi connectivity index (χ3v) is 5.71. The molecule has 2 aromatic heterocycles. The lowest BCUT2D eigenvalue weighted by atomic mass is 10.1. The summed E-state index contributed by atoms with van der Waals surface area (Å²) in [6.45, 7) is 4.01. The first kappa shape index (κ1) is 20.3. The number of aryl methyl sites for hydroxylation is 1. The molecule has 4 rings (SSSR count). The Morgan fingerprint density at radius 3 is 2.63 bits per heavy atom. The molecular weight excluding hydrogens is 374 g/mol. The minimum absolute atomic E-state index is 0.370. The average molecular weight is 406 g/mol. The molecule has 1 aliphatic rings. The summed E-state index contributed by atoms with van der Waals surface area (Å²) in [6, 6.07) is 17.1. The van der Waals surface area contributed by atoms with Crippen molar-refractivity contribution >= 4 is 11.6 Å². The molecule has 0 saturated carbocycles. The number of guanidine groups is 1. The number of nitrogens with zero attached hydrogens (tertiary/aromatic N) is 5. The molecule has 1 atom stereocenters. The number of rotatable bonds is 8. The number of fused-ring (bicyclic) bond motifs is 1. The van der Waals surface area contributed by atoms with Crippen molar-refractivity contribution in [2.24, 2.45) is 4.99 Å². The van der Waals surface area contributed by atoms with Crippen LogP contribution in [0.5, 0.6) is 0 Å². The second-order valence-electron chi connectivity index (χ2n) is 7.70. The van der Waals surface area contributed by atoms with Crippen molar-refractivity contribution in [1.29, 1.82) is 0 Å². The van der Waals surface area contributed by atoms with Crippen LogP contribution in [0, 0.1) is 0 Å². The summed E-state index contributed by atoms with van der Waals surface area (Å²) in [7, 11) is 1.83. The van der Waals surface area contributed by atoms with Crippen LogP contribution in [0.4, 0.5) is 0 Å². The molecule has 2 N–H and O–H groups in total. The van der Waals surface area contributed by atoms with Crippen LogP contribution in [0.15, 0.2) is 59.7 Å². The van der Waals surface area contributed by atoms with Gasteiger partial charge in [-0.25, -0.2) is 0 Å². The molecule has 0 spiro atoms. The Morgan fingerprint density at radius 1 is 1.03 bits per heavy atom. The number of aromatic nitrogens is 3. The highest BCUT2D eigenvalue weighted by Gasteiger charge is 2.23. The van der Waals surface area contributed by atoms with Gasteiger partial charge in [-0.15, -0.1) is 10.2 Å². The summed E-state index contributed by atoms with van der Waals surface area (Å²) in [5.41, 5.74) is 2.26. The van der Waals surface area contributed by atoms with Gasteiger partial charge in [-0.3, -0.25) is 14.3 Å². The van der Waals surface area contributed by atoms with Crippen molar-refractivity contribution in [3.8, 4) is 0 Å². The quantitative estimate of drug-likeness (QED) is 0.343. The fraction of sp³-hybridized carbons (Fsp3) is 0.435. The van der Waals surface area contributed by atoms with Crippen LogP contribution < -0.4 is 10.6 Å². The van der Waals surface area contributed by atoms with Gasteiger partial charge in [0, 0.05) is 32.8 Å². The molecule has 0 bridgehead atoms.